The molecule has 5 unspecified atom stereocenters. The van der Waals surface area contributed by atoms with Crippen LogP contribution < -0.4 is 5.32 Å². The second-order valence-corrected chi connectivity index (χ2v) is 16.1. The smallest absolute Gasteiger partial charge is 0.408 e. The van der Waals surface area contributed by atoms with Gasteiger partial charge in [-0.2, -0.15) is 0 Å². The molecule has 5 aromatic rings. The zero-order valence-electron chi connectivity index (χ0n) is 30.7. The van der Waals surface area contributed by atoms with E-state index >= 15 is 0 Å². The van der Waals surface area contributed by atoms with Gasteiger partial charge in [-0.3, -0.25) is 9.69 Å². The summed E-state index contributed by atoms with van der Waals surface area (Å²) in [5.74, 6) is 1.62. The number of carbonyl (C=O) groups excluding carboxylic acids is 2. The number of methoxy groups -OCH3 is 1. The highest BCUT2D eigenvalue weighted by molar-refractivity contribution is 5.91. The monoisotopic (exact) mass is 727 g/mol. The van der Waals surface area contributed by atoms with Gasteiger partial charge in [0.15, 0.2) is 0 Å². The van der Waals surface area contributed by atoms with Crippen molar-refractivity contribution in [3.63, 3.8) is 0 Å². The Morgan fingerprint density at radius 2 is 1.50 bits per heavy atom. The van der Waals surface area contributed by atoms with Crippen LogP contribution in [-0.4, -0.2) is 78.7 Å². The van der Waals surface area contributed by atoms with E-state index in [0.717, 1.165) is 94.6 Å². The van der Waals surface area contributed by atoms with E-state index in [2.05, 4.69) is 80.9 Å². The second kappa shape index (κ2) is 13.0. The number of alkyl carbamates (subject to hydrolysis) is 1. The molecule has 12 nitrogen and oxygen atoms in total. The average Bonchev–Trinajstić information content (AvgIpc) is 3.81. The van der Waals surface area contributed by atoms with Gasteiger partial charge in [0.25, 0.3) is 0 Å². The maximum atomic E-state index is 13.8. The van der Waals surface area contributed by atoms with Crippen molar-refractivity contribution < 1.29 is 24.2 Å². The van der Waals surface area contributed by atoms with Crippen LogP contribution in [0, 0.1) is 17.3 Å². The van der Waals surface area contributed by atoms with E-state index in [9.17, 15) is 19.5 Å². The normalized spacial score (nSPS) is 23.0. The molecule has 278 valence electrons. The van der Waals surface area contributed by atoms with Crippen molar-refractivity contribution in [2.45, 2.75) is 76.5 Å². The van der Waals surface area contributed by atoms with E-state index in [-0.39, 0.29) is 35.4 Å². The van der Waals surface area contributed by atoms with Crippen molar-refractivity contribution in [3.05, 3.63) is 84.7 Å². The first-order valence-corrected chi connectivity index (χ1v) is 19.0. The maximum Gasteiger partial charge on any atom is 0.408 e. The highest BCUT2D eigenvalue weighted by Gasteiger charge is 2.55. The maximum absolute atomic E-state index is 13.8. The summed E-state index contributed by atoms with van der Waals surface area (Å²) in [7, 11) is 1.31. The molecular formula is C42H45N7O5. The third-order valence-electron chi connectivity index (χ3n) is 12.4. The van der Waals surface area contributed by atoms with Gasteiger partial charge in [-0.1, -0.05) is 62.4 Å². The Morgan fingerprint density at radius 1 is 0.870 bits per heavy atom. The number of likely N-dealkylation sites (tertiary alicyclic amines) is 2. The van der Waals surface area contributed by atoms with Gasteiger partial charge in [0, 0.05) is 18.2 Å². The van der Waals surface area contributed by atoms with Crippen LogP contribution >= 0.6 is 0 Å². The molecule has 9 rings (SSSR count). The number of carboxylic acid groups (broad SMARTS) is 1. The lowest BCUT2D eigenvalue weighted by Crippen LogP contribution is -2.51. The Morgan fingerprint density at radius 3 is 2.19 bits per heavy atom. The molecule has 2 saturated heterocycles. The molecule has 4 fully saturated rings. The van der Waals surface area contributed by atoms with Gasteiger partial charge in [0.05, 0.1) is 43.0 Å². The molecule has 2 aromatic heterocycles. The van der Waals surface area contributed by atoms with Crippen LogP contribution in [0.3, 0.4) is 0 Å². The van der Waals surface area contributed by atoms with E-state index in [4.69, 9.17) is 9.72 Å². The van der Waals surface area contributed by atoms with Crippen molar-refractivity contribution in [1.82, 2.24) is 35.1 Å². The van der Waals surface area contributed by atoms with Crippen molar-refractivity contribution in [1.29, 1.82) is 0 Å². The zero-order valence-corrected chi connectivity index (χ0v) is 30.7. The molecule has 2 aliphatic carbocycles. The van der Waals surface area contributed by atoms with Crippen LogP contribution in [0.2, 0.25) is 0 Å². The number of ether oxygens (including phenoxy) is 1. The predicted octanol–water partition coefficient (Wildman–Crippen LogP) is 7.92. The fraction of sp³-hybridized carbons (Fsp3) is 0.405. The van der Waals surface area contributed by atoms with Gasteiger partial charge in [-0.05, 0) is 95.4 Å². The minimum absolute atomic E-state index is 0.0965. The van der Waals surface area contributed by atoms with Gasteiger partial charge < -0.3 is 30.0 Å². The summed E-state index contributed by atoms with van der Waals surface area (Å²) in [6.45, 7) is 4.52. The molecule has 5 atom stereocenters. The van der Waals surface area contributed by atoms with Crippen LogP contribution in [0.15, 0.2) is 73.1 Å². The lowest BCUT2D eigenvalue weighted by molar-refractivity contribution is -0.135. The molecule has 4 heterocycles. The number of aromatic nitrogens is 4. The summed E-state index contributed by atoms with van der Waals surface area (Å²) >= 11 is 0. The van der Waals surface area contributed by atoms with Crippen molar-refractivity contribution in [2.75, 3.05) is 13.7 Å². The Kier molecular flexibility index (Phi) is 8.24. The molecule has 4 N–H and O–H groups in total. The highest BCUT2D eigenvalue weighted by Crippen LogP contribution is 2.58. The number of piperidine rings is 1. The number of H-pyrrole nitrogens is 2. The third kappa shape index (κ3) is 5.97. The van der Waals surface area contributed by atoms with Crippen molar-refractivity contribution >= 4 is 28.9 Å². The Balaban J connectivity index is 0.905. The van der Waals surface area contributed by atoms with Gasteiger partial charge in [0.2, 0.25) is 5.91 Å². The number of carbonyl (C=O) groups is 3. The van der Waals surface area contributed by atoms with Crippen LogP contribution in [0.1, 0.15) is 76.1 Å². The van der Waals surface area contributed by atoms with Crippen LogP contribution in [0.5, 0.6) is 0 Å². The van der Waals surface area contributed by atoms with Gasteiger partial charge in [0.1, 0.15) is 17.7 Å². The number of nitrogens with one attached hydrogen (secondary N) is 3. The number of nitrogens with zero attached hydrogens (tertiary/aromatic N) is 4. The largest absolute Gasteiger partial charge is 0.465 e. The van der Waals surface area contributed by atoms with E-state index in [1.54, 1.807) is 4.90 Å². The van der Waals surface area contributed by atoms with Crippen LogP contribution in [0.4, 0.5) is 9.59 Å². The molecule has 2 bridgehead atoms. The molecule has 3 amide bonds. The first-order chi connectivity index (χ1) is 26.1. The number of hydrogen-bond donors (Lipinski definition) is 4. The number of hydrogen-bond acceptors (Lipinski definition) is 6. The van der Waals surface area contributed by atoms with Crippen molar-refractivity contribution in [3.8, 4) is 33.6 Å². The summed E-state index contributed by atoms with van der Waals surface area (Å²) in [5.41, 5.74) is 6.12. The number of rotatable bonds is 8. The minimum atomic E-state index is -0.864. The van der Waals surface area contributed by atoms with Crippen LogP contribution in [-0.2, 0) is 9.53 Å². The molecule has 3 aromatic carbocycles. The van der Waals surface area contributed by atoms with E-state index < -0.39 is 18.2 Å². The van der Waals surface area contributed by atoms with Crippen LogP contribution in [0.25, 0.3) is 44.4 Å². The number of amides is 3. The highest BCUT2D eigenvalue weighted by atomic mass is 16.5. The summed E-state index contributed by atoms with van der Waals surface area (Å²) < 4.78 is 4.81. The summed E-state index contributed by atoms with van der Waals surface area (Å²) in [6, 6.07) is 20.2. The Hall–Kier alpha value is -5.65. The molecule has 2 aliphatic heterocycles. The third-order valence-corrected chi connectivity index (χ3v) is 12.4. The van der Waals surface area contributed by atoms with E-state index in [1.807, 2.05) is 31.1 Å². The summed E-state index contributed by atoms with van der Waals surface area (Å²) in [6.07, 6.45) is 8.13. The van der Waals surface area contributed by atoms with Gasteiger partial charge in [-0.15, -0.1) is 0 Å². The Bertz CT molecular complexity index is 2260. The molecule has 0 radical (unpaired) electrons. The lowest BCUT2D eigenvalue weighted by atomic mass is 9.98. The quantitative estimate of drug-likeness (QED) is 0.127. The topological polar surface area (TPSA) is 157 Å². The molecule has 4 aliphatic rings. The van der Waals surface area contributed by atoms with Gasteiger partial charge in [-0.25, -0.2) is 19.6 Å². The summed E-state index contributed by atoms with van der Waals surface area (Å²) in [5, 5.41) is 14.8. The fourth-order valence-electron chi connectivity index (χ4n) is 9.29. The average molecular weight is 728 g/mol. The van der Waals surface area contributed by atoms with Gasteiger partial charge >= 0.3 is 12.2 Å². The van der Waals surface area contributed by atoms with Crippen molar-refractivity contribution in [2.24, 2.45) is 17.3 Å². The Labute approximate surface area is 313 Å². The molecular weight excluding hydrogens is 683 g/mol. The minimum Gasteiger partial charge on any atom is -0.465 e. The number of aromatic amines is 2. The standard InChI is InChI=1S/C42H45N7O5/c1-23(2)35(47-40(51)54-3)39(50)48-22-42(14-15-42)19-34(48)37-43-20-32(45-37)25-6-4-24(5-7-25)26-8-9-28-17-29(11-10-27(28)16-26)33-21-44-38(46-33)36-30-12-13-31(18-30)49(36)41(52)53/h4-11,16-17,20-21,23,30-31,34-36H,12-15,18-19,22H2,1-3H3,(H,43,45)(H,44,46)(H,47,51)(H,52,53). The number of fused-ring (bicyclic) bond motifs is 3. The fourth-order valence-corrected chi connectivity index (χ4v) is 9.29. The lowest BCUT2D eigenvalue weighted by Gasteiger charge is -2.31. The first-order valence-electron chi connectivity index (χ1n) is 19.0. The number of imidazole rings is 2. The molecule has 12 heteroatoms. The first kappa shape index (κ1) is 34.1. The molecule has 1 spiro atoms. The van der Waals surface area contributed by atoms with E-state index in [1.165, 1.54) is 7.11 Å². The second-order valence-electron chi connectivity index (χ2n) is 16.1. The molecule has 2 saturated carbocycles. The SMILES string of the molecule is COC(=O)NC(C(=O)N1CC2(CC2)CC1c1ncc(-c2ccc(-c3ccc4cc(-c5cnc(C6C7CCC(C7)N6C(=O)O)[nH]5)ccc4c3)cc2)[nH]1)C(C)C. The summed E-state index contributed by atoms with van der Waals surface area (Å²) in [4.78, 5) is 57.8. The molecule has 54 heavy (non-hydrogen) atoms. The zero-order chi connectivity index (χ0) is 37.3. The predicted molar refractivity (Wildman–Crippen MR) is 203 cm³/mol. The number of benzene rings is 3. The van der Waals surface area contributed by atoms with E-state index in [0.29, 0.717) is 12.5 Å².